The molecule has 7 heteroatoms. The van der Waals surface area contributed by atoms with E-state index in [0.717, 1.165) is 16.0 Å². The Morgan fingerprint density at radius 1 is 1.07 bits per heavy atom. The van der Waals surface area contributed by atoms with Gasteiger partial charge in [0.25, 0.3) is 5.91 Å². The fourth-order valence-electron chi connectivity index (χ4n) is 3.07. The van der Waals surface area contributed by atoms with E-state index in [0.29, 0.717) is 22.6 Å². The second-order valence-electron chi connectivity index (χ2n) is 6.41. The van der Waals surface area contributed by atoms with Crippen LogP contribution in [0.2, 0.25) is 0 Å². The number of carbonyl (C=O) groups is 3. The minimum Gasteiger partial charge on any atom is -0.493 e. The summed E-state index contributed by atoms with van der Waals surface area (Å²) in [7, 11) is 3.07. The minimum absolute atomic E-state index is 0.00215. The van der Waals surface area contributed by atoms with Crippen LogP contribution in [0.3, 0.4) is 0 Å². The lowest BCUT2D eigenvalue weighted by Gasteiger charge is -2.25. The summed E-state index contributed by atoms with van der Waals surface area (Å²) in [6.45, 7) is 1.44. The van der Waals surface area contributed by atoms with Crippen LogP contribution in [0.5, 0.6) is 11.5 Å². The number of rotatable bonds is 6. The van der Waals surface area contributed by atoms with Gasteiger partial charge >= 0.3 is 5.97 Å². The van der Waals surface area contributed by atoms with Crippen molar-refractivity contribution in [1.82, 2.24) is 4.90 Å². The Balaban J connectivity index is 1.67. The van der Waals surface area contributed by atoms with Gasteiger partial charge in [0.05, 0.1) is 20.6 Å². The SMILES string of the molecule is COc1cc(C)c(COC(=O)CN2C(=O)Cc3ccccc3C2=O)cc1OC. The number of benzene rings is 2. The van der Waals surface area contributed by atoms with Gasteiger partial charge in [-0.3, -0.25) is 19.3 Å². The van der Waals surface area contributed by atoms with E-state index in [1.165, 1.54) is 7.11 Å². The molecule has 28 heavy (non-hydrogen) atoms. The molecule has 0 atom stereocenters. The van der Waals surface area contributed by atoms with Crippen molar-refractivity contribution in [2.45, 2.75) is 20.0 Å². The van der Waals surface area contributed by atoms with Gasteiger partial charge in [-0.15, -0.1) is 0 Å². The van der Waals surface area contributed by atoms with Gasteiger partial charge in [0.2, 0.25) is 5.91 Å². The van der Waals surface area contributed by atoms with Crippen LogP contribution in [0.15, 0.2) is 36.4 Å². The Kier molecular flexibility index (Phi) is 5.63. The van der Waals surface area contributed by atoms with Crippen LogP contribution in [0.25, 0.3) is 0 Å². The molecule has 0 unspecified atom stereocenters. The molecular formula is C21H21NO6. The van der Waals surface area contributed by atoms with Crippen LogP contribution in [-0.4, -0.2) is 43.4 Å². The predicted molar refractivity (Wildman–Crippen MR) is 100 cm³/mol. The van der Waals surface area contributed by atoms with Gasteiger partial charge in [-0.25, -0.2) is 0 Å². The summed E-state index contributed by atoms with van der Waals surface area (Å²) in [5, 5.41) is 0. The van der Waals surface area contributed by atoms with Gasteiger partial charge in [-0.2, -0.15) is 0 Å². The van der Waals surface area contributed by atoms with Crippen LogP contribution in [-0.2, 0) is 27.4 Å². The van der Waals surface area contributed by atoms with Crippen LogP contribution >= 0.6 is 0 Å². The van der Waals surface area contributed by atoms with E-state index in [1.807, 2.05) is 6.92 Å². The van der Waals surface area contributed by atoms with Crippen molar-refractivity contribution >= 4 is 17.8 Å². The van der Waals surface area contributed by atoms with Crippen molar-refractivity contribution in [3.63, 3.8) is 0 Å². The molecular weight excluding hydrogens is 362 g/mol. The lowest BCUT2D eigenvalue weighted by molar-refractivity contribution is -0.149. The van der Waals surface area contributed by atoms with Crippen LogP contribution < -0.4 is 9.47 Å². The third-order valence-electron chi connectivity index (χ3n) is 4.65. The first-order chi connectivity index (χ1) is 13.4. The topological polar surface area (TPSA) is 82.1 Å². The summed E-state index contributed by atoms with van der Waals surface area (Å²) in [5.74, 6) is -0.445. The Morgan fingerprint density at radius 2 is 1.75 bits per heavy atom. The first-order valence-corrected chi connectivity index (χ1v) is 8.74. The van der Waals surface area contributed by atoms with E-state index < -0.39 is 24.3 Å². The highest BCUT2D eigenvalue weighted by atomic mass is 16.5. The maximum Gasteiger partial charge on any atom is 0.326 e. The Hall–Kier alpha value is -3.35. The fourth-order valence-corrected chi connectivity index (χ4v) is 3.07. The molecule has 0 spiro atoms. The molecule has 0 aliphatic carbocycles. The van der Waals surface area contributed by atoms with Crippen molar-refractivity contribution in [2.75, 3.05) is 20.8 Å². The van der Waals surface area contributed by atoms with E-state index in [9.17, 15) is 14.4 Å². The number of hydrogen-bond acceptors (Lipinski definition) is 6. The molecule has 0 N–H and O–H groups in total. The number of fused-ring (bicyclic) bond motifs is 1. The van der Waals surface area contributed by atoms with Gasteiger partial charge < -0.3 is 14.2 Å². The van der Waals surface area contributed by atoms with Gasteiger partial charge in [0, 0.05) is 5.56 Å². The predicted octanol–water partition coefficient (Wildman–Crippen LogP) is 2.28. The summed E-state index contributed by atoms with van der Waals surface area (Å²) < 4.78 is 15.8. The number of aryl methyl sites for hydroxylation is 1. The summed E-state index contributed by atoms with van der Waals surface area (Å²) in [4.78, 5) is 38.0. The van der Waals surface area contributed by atoms with Gasteiger partial charge in [-0.05, 0) is 41.8 Å². The molecule has 2 aromatic rings. The van der Waals surface area contributed by atoms with E-state index >= 15 is 0 Å². The summed E-state index contributed by atoms with van der Waals surface area (Å²) in [5.41, 5.74) is 2.71. The molecule has 146 valence electrons. The Labute approximate surface area is 162 Å². The molecule has 0 radical (unpaired) electrons. The van der Waals surface area contributed by atoms with E-state index in [2.05, 4.69) is 0 Å². The quantitative estimate of drug-likeness (QED) is 0.562. The third kappa shape index (κ3) is 3.83. The minimum atomic E-state index is -0.657. The molecule has 3 rings (SSSR count). The number of carbonyl (C=O) groups excluding carboxylic acids is 3. The Bertz CT molecular complexity index is 936. The zero-order chi connectivity index (χ0) is 20.3. The van der Waals surface area contributed by atoms with E-state index in [4.69, 9.17) is 14.2 Å². The lowest BCUT2D eigenvalue weighted by atomic mass is 9.98. The number of ether oxygens (including phenoxy) is 3. The van der Waals surface area contributed by atoms with Crippen molar-refractivity contribution in [1.29, 1.82) is 0 Å². The highest BCUT2D eigenvalue weighted by Gasteiger charge is 2.32. The van der Waals surface area contributed by atoms with Crippen molar-refractivity contribution in [3.05, 3.63) is 58.7 Å². The second kappa shape index (κ2) is 8.12. The molecule has 1 heterocycles. The standard InChI is InChI=1S/C21H21NO6/c1-13-8-17(26-2)18(27-3)9-15(13)12-28-20(24)11-22-19(23)10-14-6-4-5-7-16(14)21(22)25/h4-9H,10-12H2,1-3H3. The van der Waals surface area contributed by atoms with Gasteiger partial charge in [0.15, 0.2) is 11.5 Å². The molecule has 0 saturated heterocycles. The molecule has 0 fully saturated rings. The average Bonchev–Trinajstić information content (AvgIpc) is 2.69. The van der Waals surface area contributed by atoms with E-state index in [1.54, 1.807) is 43.5 Å². The number of esters is 1. The van der Waals surface area contributed by atoms with Crippen LogP contribution in [0.4, 0.5) is 0 Å². The van der Waals surface area contributed by atoms with Gasteiger partial charge in [0.1, 0.15) is 13.2 Å². The molecule has 2 aromatic carbocycles. The molecule has 0 bridgehead atoms. The monoisotopic (exact) mass is 383 g/mol. The fraction of sp³-hybridized carbons (Fsp3) is 0.286. The number of nitrogens with zero attached hydrogens (tertiary/aromatic N) is 1. The zero-order valence-corrected chi connectivity index (χ0v) is 16.0. The lowest BCUT2D eigenvalue weighted by Crippen LogP contribution is -2.45. The Morgan fingerprint density at radius 3 is 2.46 bits per heavy atom. The summed E-state index contributed by atoms with van der Waals surface area (Å²) in [6, 6.07) is 10.4. The number of amides is 2. The maximum atomic E-state index is 12.5. The zero-order valence-electron chi connectivity index (χ0n) is 16.0. The van der Waals surface area contributed by atoms with Crippen molar-refractivity contribution < 1.29 is 28.6 Å². The number of hydrogen-bond donors (Lipinski definition) is 0. The van der Waals surface area contributed by atoms with Crippen LogP contribution in [0, 0.1) is 6.92 Å². The smallest absolute Gasteiger partial charge is 0.326 e. The summed E-state index contributed by atoms with van der Waals surface area (Å²) >= 11 is 0. The summed E-state index contributed by atoms with van der Waals surface area (Å²) in [6.07, 6.45) is 0.0873. The molecule has 0 saturated carbocycles. The van der Waals surface area contributed by atoms with E-state index in [-0.39, 0.29) is 13.0 Å². The number of imide groups is 1. The second-order valence-corrected chi connectivity index (χ2v) is 6.41. The van der Waals surface area contributed by atoms with Gasteiger partial charge in [-0.1, -0.05) is 18.2 Å². The third-order valence-corrected chi connectivity index (χ3v) is 4.65. The average molecular weight is 383 g/mol. The highest BCUT2D eigenvalue weighted by Crippen LogP contribution is 2.30. The van der Waals surface area contributed by atoms with Crippen molar-refractivity contribution in [2.24, 2.45) is 0 Å². The number of methoxy groups -OCH3 is 2. The molecule has 1 aliphatic rings. The highest BCUT2D eigenvalue weighted by molar-refractivity contribution is 6.11. The molecule has 0 aromatic heterocycles. The van der Waals surface area contributed by atoms with Crippen LogP contribution in [0.1, 0.15) is 27.0 Å². The first kappa shape index (κ1) is 19.4. The maximum absolute atomic E-state index is 12.5. The normalized spacial score (nSPS) is 13.2. The van der Waals surface area contributed by atoms with Crippen molar-refractivity contribution in [3.8, 4) is 11.5 Å². The molecule has 2 amide bonds. The molecule has 7 nitrogen and oxygen atoms in total. The first-order valence-electron chi connectivity index (χ1n) is 8.74. The molecule has 1 aliphatic heterocycles. The largest absolute Gasteiger partial charge is 0.493 e.